The molecular weight excluding hydrogens is 366 g/mol. The Labute approximate surface area is 122 Å². The van der Waals surface area contributed by atoms with E-state index in [0.717, 1.165) is 6.29 Å². The number of nitrogens with zero attached hydrogens (tertiary/aromatic N) is 1. The number of ether oxygens (including phenoxy) is 1. The molecule has 96 valence electrons. The van der Waals surface area contributed by atoms with Gasteiger partial charge in [-0.2, -0.15) is 0 Å². The third kappa shape index (κ3) is 2.59. The summed E-state index contributed by atoms with van der Waals surface area (Å²) in [6.07, 6.45) is 0.974. The number of likely N-dealkylation sites (N-methyl/N-ethyl adjacent to an activating group) is 1. The minimum atomic E-state index is -0.454. The van der Waals surface area contributed by atoms with Gasteiger partial charge in [-0.3, -0.25) is 9.59 Å². The Morgan fingerprint density at radius 2 is 2.00 bits per heavy atom. The average molecular weight is 377 g/mol. The molecule has 0 aliphatic carbocycles. The van der Waals surface area contributed by atoms with E-state index in [1.807, 2.05) is 0 Å². The first-order chi connectivity index (χ1) is 8.52. The zero-order valence-electron chi connectivity index (χ0n) is 9.65. The Morgan fingerprint density at radius 3 is 2.44 bits per heavy atom. The Morgan fingerprint density at radius 1 is 1.39 bits per heavy atom. The van der Waals surface area contributed by atoms with Gasteiger partial charge in [0.25, 0.3) is 5.91 Å². The van der Waals surface area contributed by atoms with Crippen LogP contribution < -0.4 is 4.74 Å². The molecule has 0 radical (unpaired) electrons. The van der Waals surface area contributed by atoms with Crippen molar-refractivity contribution in [2.24, 2.45) is 0 Å². The number of benzene rings is 1. The van der Waals surface area contributed by atoms with Crippen LogP contribution in [0.4, 0.5) is 0 Å². The van der Waals surface area contributed by atoms with E-state index in [-0.39, 0.29) is 5.91 Å². The minimum absolute atomic E-state index is 0.0201. The van der Waals surface area contributed by atoms with E-state index in [1.165, 1.54) is 0 Å². The van der Waals surface area contributed by atoms with Gasteiger partial charge in [0.2, 0.25) is 0 Å². The topological polar surface area (TPSA) is 46.6 Å². The third-order valence-corrected chi connectivity index (χ3v) is 3.97. The Balaban J connectivity index is 2.24. The number of carbonyl (C=O) groups is 2. The summed E-state index contributed by atoms with van der Waals surface area (Å²) < 4.78 is 7.03. The molecule has 1 aromatic rings. The number of aldehydes is 1. The minimum Gasteiger partial charge on any atom is -0.478 e. The molecule has 1 amide bonds. The molecule has 1 saturated heterocycles. The summed E-state index contributed by atoms with van der Waals surface area (Å²) in [5.41, 5.74) is 0.538. The van der Waals surface area contributed by atoms with E-state index in [2.05, 4.69) is 31.9 Å². The fourth-order valence-electron chi connectivity index (χ4n) is 1.80. The third-order valence-electron chi connectivity index (χ3n) is 2.80. The molecule has 0 saturated carbocycles. The standard InChI is InChI=1S/C12H11Br2NO3/c1-15-3-2-10(12(15)17)18-11-8(13)4-7(6-16)5-9(11)14/h4-6,10H,2-3H2,1H3. The maximum Gasteiger partial charge on any atom is 0.263 e. The SMILES string of the molecule is CN1CCC(Oc2c(Br)cc(C=O)cc2Br)C1=O. The number of amides is 1. The number of hydrogen-bond acceptors (Lipinski definition) is 3. The van der Waals surface area contributed by atoms with Gasteiger partial charge in [-0.15, -0.1) is 0 Å². The fraction of sp³-hybridized carbons (Fsp3) is 0.333. The molecule has 0 N–H and O–H groups in total. The highest BCUT2D eigenvalue weighted by atomic mass is 79.9. The summed E-state index contributed by atoms with van der Waals surface area (Å²) in [6.45, 7) is 0.700. The van der Waals surface area contributed by atoms with Crippen LogP contribution in [0.25, 0.3) is 0 Å². The predicted molar refractivity (Wildman–Crippen MR) is 73.9 cm³/mol. The van der Waals surface area contributed by atoms with Crippen LogP contribution in [0.2, 0.25) is 0 Å². The molecular formula is C12H11Br2NO3. The first-order valence-corrected chi connectivity index (χ1v) is 6.97. The second kappa shape index (κ2) is 5.40. The van der Waals surface area contributed by atoms with E-state index >= 15 is 0 Å². The summed E-state index contributed by atoms with van der Waals surface area (Å²) in [4.78, 5) is 24.1. The van der Waals surface area contributed by atoms with Gasteiger partial charge < -0.3 is 9.64 Å². The normalized spacial score (nSPS) is 19.2. The number of halogens is 2. The monoisotopic (exact) mass is 375 g/mol. The first-order valence-electron chi connectivity index (χ1n) is 5.38. The molecule has 0 bridgehead atoms. The van der Waals surface area contributed by atoms with Crippen molar-refractivity contribution in [3.05, 3.63) is 26.6 Å². The van der Waals surface area contributed by atoms with E-state index < -0.39 is 6.10 Å². The molecule has 0 spiro atoms. The fourth-order valence-corrected chi connectivity index (χ4v) is 3.21. The van der Waals surface area contributed by atoms with Gasteiger partial charge in [-0.05, 0) is 44.0 Å². The van der Waals surface area contributed by atoms with Gasteiger partial charge in [-0.25, -0.2) is 0 Å². The van der Waals surface area contributed by atoms with Crippen molar-refractivity contribution in [2.45, 2.75) is 12.5 Å². The summed E-state index contributed by atoms with van der Waals surface area (Å²) in [6, 6.07) is 3.33. The molecule has 4 nitrogen and oxygen atoms in total. The van der Waals surface area contributed by atoms with Crippen LogP contribution in [-0.4, -0.2) is 36.8 Å². The van der Waals surface area contributed by atoms with Crippen molar-refractivity contribution in [1.29, 1.82) is 0 Å². The largest absolute Gasteiger partial charge is 0.478 e. The summed E-state index contributed by atoms with van der Waals surface area (Å²) in [5, 5.41) is 0. The molecule has 6 heteroatoms. The molecule has 1 heterocycles. The van der Waals surface area contributed by atoms with Crippen molar-refractivity contribution >= 4 is 44.1 Å². The molecule has 0 aromatic heterocycles. The molecule has 18 heavy (non-hydrogen) atoms. The second-order valence-electron chi connectivity index (χ2n) is 4.09. The van der Waals surface area contributed by atoms with Crippen LogP contribution in [-0.2, 0) is 4.79 Å². The van der Waals surface area contributed by atoms with Crippen LogP contribution in [0.5, 0.6) is 5.75 Å². The van der Waals surface area contributed by atoms with Crippen LogP contribution in [0.1, 0.15) is 16.8 Å². The maximum absolute atomic E-state index is 11.8. The lowest BCUT2D eigenvalue weighted by atomic mass is 10.2. The molecule has 1 fully saturated rings. The lowest BCUT2D eigenvalue weighted by molar-refractivity contribution is -0.132. The average Bonchev–Trinajstić information content (AvgIpc) is 2.65. The van der Waals surface area contributed by atoms with Crippen LogP contribution >= 0.6 is 31.9 Å². The quantitative estimate of drug-likeness (QED) is 0.762. The van der Waals surface area contributed by atoms with Crippen molar-refractivity contribution < 1.29 is 14.3 Å². The van der Waals surface area contributed by atoms with Gasteiger partial charge in [-0.1, -0.05) is 0 Å². The van der Waals surface area contributed by atoms with E-state index in [9.17, 15) is 9.59 Å². The lowest BCUT2D eigenvalue weighted by Gasteiger charge is -2.15. The summed E-state index contributed by atoms with van der Waals surface area (Å²) in [7, 11) is 1.76. The molecule has 1 aliphatic heterocycles. The van der Waals surface area contributed by atoms with Gasteiger partial charge >= 0.3 is 0 Å². The smallest absolute Gasteiger partial charge is 0.263 e. The predicted octanol–water partition coefficient (Wildman–Crippen LogP) is 2.63. The van der Waals surface area contributed by atoms with Crippen molar-refractivity contribution in [1.82, 2.24) is 4.90 Å². The highest BCUT2D eigenvalue weighted by Crippen LogP contribution is 2.36. The van der Waals surface area contributed by atoms with Gasteiger partial charge in [0.05, 0.1) is 8.95 Å². The van der Waals surface area contributed by atoms with Crippen LogP contribution in [0.3, 0.4) is 0 Å². The lowest BCUT2D eigenvalue weighted by Crippen LogP contribution is -2.29. The summed E-state index contributed by atoms with van der Waals surface area (Å²) in [5.74, 6) is 0.530. The van der Waals surface area contributed by atoms with E-state index in [4.69, 9.17) is 4.74 Å². The van der Waals surface area contributed by atoms with E-state index in [1.54, 1.807) is 24.1 Å². The highest BCUT2D eigenvalue weighted by molar-refractivity contribution is 9.11. The summed E-state index contributed by atoms with van der Waals surface area (Å²) >= 11 is 6.68. The number of likely N-dealkylation sites (tertiary alicyclic amines) is 1. The molecule has 2 rings (SSSR count). The molecule has 1 aromatic carbocycles. The highest BCUT2D eigenvalue weighted by Gasteiger charge is 2.31. The van der Waals surface area contributed by atoms with Crippen molar-refractivity contribution in [2.75, 3.05) is 13.6 Å². The van der Waals surface area contributed by atoms with Gasteiger partial charge in [0.15, 0.2) is 6.10 Å². The first kappa shape index (κ1) is 13.5. The number of rotatable bonds is 3. The van der Waals surface area contributed by atoms with E-state index in [0.29, 0.717) is 33.2 Å². The second-order valence-corrected chi connectivity index (χ2v) is 5.80. The van der Waals surface area contributed by atoms with Crippen LogP contribution in [0.15, 0.2) is 21.1 Å². The zero-order chi connectivity index (χ0) is 13.3. The molecule has 1 unspecified atom stereocenters. The van der Waals surface area contributed by atoms with Gasteiger partial charge in [0, 0.05) is 25.6 Å². The van der Waals surface area contributed by atoms with Crippen molar-refractivity contribution in [3.63, 3.8) is 0 Å². The van der Waals surface area contributed by atoms with Gasteiger partial charge in [0.1, 0.15) is 12.0 Å². The van der Waals surface area contributed by atoms with Crippen molar-refractivity contribution in [3.8, 4) is 5.75 Å². The maximum atomic E-state index is 11.8. The molecule has 1 aliphatic rings. The Kier molecular flexibility index (Phi) is 4.07. The van der Waals surface area contributed by atoms with Crippen LogP contribution in [0, 0.1) is 0 Å². The number of hydrogen-bond donors (Lipinski definition) is 0. The Hall–Kier alpha value is -0.880. The Bertz CT molecular complexity index is 481. The number of carbonyl (C=O) groups excluding carboxylic acids is 2. The molecule has 1 atom stereocenters. The zero-order valence-corrected chi connectivity index (χ0v) is 12.8.